The Morgan fingerprint density at radius 3 is 2.59 bits per heavy atom. The van der Waals surface area contributed by atoms with Crippen molar-refractivity contribution in [3.05, 3.63) is 0 Å². The van der Waals surface area contributed by atoms with E-state index < -0.39 is 6.10 Å². The Bertz CT molecular complexity index is 228. The summed E-state index contributed by atoms with van der Waals surface area (Å²) in [6.07, 6.45) is 8.07. The van der Waals surface area contributed by atoms with Crippen LogP contribution in [-0.2, 0) is 4.74 Å². The second-order valence-corrected chi connectivity index (χ2v) is 6.11. The van der Waals surface area contributed by atoms with Crippen molar-refractivity contribution >= 4 is 0 Å². The van der Waals surface area contributed by atoms with E-state index in [9.17, 15) is 5.11 Å². The van der Waals surface area contributed by atoms with E-state index in [4.69, 9.17) is 10.5 Å². The normalized spacial score (nSPS) is 34.8. The zero-order valence-electron chi connectivity index (χ0n) is 11.0. The highest BCUT2D eigenvalue weighted by molar-refractivity contribution is 4.86. The van der Waals surface area contributed by atoms with Crippen molar-refractivity contribution < 1.29 is 9.84 Å². The van der Waals surface area contributed by atoms with Gasteiger partial charge in [-0.1, -0.05) is 39.0 Å². The Balaban J connectivity index is 1.76. The van der Waals surface area contributed by atoms with Crippen LogP contribution in [0.4, 0.5) is 0 Å². The van der Waals surface area contributed by atoms with Gasteiger partial charge in [0.25, 0.3) is 0 Å². The molecule has 0 amide bonds. The molecule has 1 aliphatic heterocycles. The van der Waals surface area contributed by atoms with Crippen molar-refractivity contribution in [2.75, 3.05) is 6.61 Å². The first-order chi connectivity index (χ1) is 8.16. The van der Waals surface area contributed by atoms with Crippen molar-refractivity contribution in [1.29, 1.82) is 0 Å². The van der Waals surface area contributed by atoms with Crippen molar-refractivity contribution in [3.63, 3.8) is 0 Å². The molecule has 1 saturated carbocycles. The molecule has 0 aromatic rings. The van der Waals surface area contributed by atoms with E-state index in [0.29, 0.717) is 5.92 Å². The number of nitrogens with two attached hydrogens (primary N) is 1. The molecule has 3 N–H and O–H groups in total. The summed E-state index contributed by atoms with van der Waals surface area (Å²) in [5.41, 5.74) is 6.14. The molecule has 1 saturated heterocycles. The second kappa shape index (κ2) is 6.17. The minimum absolute atomic E-state index is 0.0245. The first-order valence-electron chi connectivity index (χ1n) is 7.22. The van der Waals surface area contributed by atoms with Gasteiger partial charge in [-0.25, -0.2) is 0 Å². The van der Waals surface area contributed by atoms with Crippen molar-refractivity contribution in [3.8, 4) is 0 Å². The summed E-state index contributed by atoms with van der Waals surface area (Å²) in [4.78, 5) is 0. The van der Waals surface area contributed by atoms with Crippen LogP contribution in [0, 0.1) is 11.8 Å². The van der Waals surface area contributed by atoms with Gasteiger partial charge in [-0.3, -0.25) is 0 Å². The third-order valence-corrected chi connectivity index (χ3v) is 4.38. The predicted molar refractivity (Wildman–Crippen MR) is 68.7 cm³/mol. The average Bonchev–Trinajstić information content (AvgIpc) is 2.76. The smallest absolute Gasteiger partial charge is 0.0952 e. The van der Waals surface area contributed by atoms with Crippen LogP contribution in [0.1, 0.15) is 51.9 Å². The van der Waals surface area contributed by atoms with E-state index in [1.807, 2.05) is 0 Å². The summed E-state index contributed by atoms with van der Waals surface area (Å²) in [5.74, 6) is 1.30. The molecular formula is C14H27NO2. The van der Waals surface area contributed by atoms with Gasteiger partial charge in [0, 0.05) is 12.6 Å². The van der Waals surface area contributed by atoms with Gasteiger partial charge < -0.3 is 15.6 Å². The molecule has 0 aromatic heterocycles. The van der Waals surface area contributed by atoms with E-state index in [-0.39, 0.29) is 12.1 Å². The summed E-state index contributed by atoms with van der Waals surface area (Å²) in [5, 5.41) is 10.2. The quantitative estimate of drug-likeness (QED) is 0.792. The molecule has 4 atom stereocenters. The lowest BCUT2D eigenvalue weighted by Gasteiger charge is -2.29. The molecule has 100 valence electrons. The van der Waals surface area contributed by atoms with E-state index >= 15 is 0 Å². The van der Waals surface area contributed by atoms with Crippen LogP contribution in [0.3, 0.4) is 0 Å². The first kappa shape index (κ1) is 13.3. The van der Waals surface area contributed by atoms with Crippen LogP contribution >= 0.6 is 0 Å². The Morgan fingerprint density at radius 1 is 1.29 bits per heavy atom. The molecule has 2 rings (SSSR count). The summed E-state index contributed by atoms with van der Waals surface area (Å²) in [7, 11) is 0. The molecule has 1 heterocycles. The van der Waals surface area contributed by atoms with Gasteiger partial charge in [0.15, 0.2) is 0 Å². The van der Waals surface area contributed by atoms with E-state index in [2.05, 4.69) is 6.92 Å². The molecule has 3 nitrogen and oxygen atoms in total. The van der Waals surface area contributed by atoms with Crippen molar-refractivity contribution in [1.82, 2.24) is 0 Å². The van der Waals surface area contributed by atoms with Crippen LogP contribution in [0.15, 0.2) is 0 Å². The van der Waals surface area contributed by atoms with Gasteiger partial charge in [0.05, 0.1) is 12.2 Å². The van der Waals surface area contributed by atoms with Crippen LogP contribution in [0.5, 0.6) is 0 Å². The fourth-order valence-electron chi connectivity index (χ4n) is 3.28. The lowest BCUT2D eigenvalue weighted by Crippen LogP contribution is -2.44. The van der Waals surface area contributed by atoms with Gasteiger partial charge in [0.2, 0.25) is 0 Å². The Morgan fingerprint density at radius 2 is 2.00 bits per heavy atom. The third kappa shape index (κ3) is 3.67. The molecule has 0 radical (unpaired) electrons. The third-order valence-electron chi connectivity index (χ3n) is 4.38. The Kier molecular flexibility index (Phi) is 4.83. The topological polar surface area (TPSA) is 55.5 Å². The molecule has 0 bridgehead atoms. The van der Waals surface area contributed by atoms with Crippen molar-refractivity contribution in [2.24, 2.45) is 17.6 Å². The van der Waals surface area contributed by atoms with Crippen molar-refractivity contribution in [2.45, 2.75) is 70.1 Å². The number of aliphatic hydroxyl groups excluding tert-OH is 1. The van der Waals surface area contributed by atoms with Gasteiger partial charge in [0.1, 0.15) is 0 Å². The minimum Gasteiger partial charge on any atom is -0.389 e. The summed E-state index contributed by atoms with van der Waals surface area (Å²) in [6.45, 7) is 2.94. The van der Waals surface area contributed by atoms with Gasteiger partial charge in [-0.15, -0.1) is 0 Å². The number of hydrogen-bond donors (Lipinski definition) is 2. The number of aliphatic hydroxyl groups is 1. The maximum Gasteiger partial charge on any atom is 0.0952 e. The molecule has 2 fully saturated rings. The summed E-state index contributed by atoms with van der Waals surface area (Å²) in [6, 6.07) is -0.103. The molecule has 17 heavy (non-hydrogen) atoms. The van der Waals surface area contributed by atoms with Crippen LogP contribution in [0.25, 0.3) is 0 Å². The monoisotopic (exact) mass is 241 g/mol. The molecule has 0 aromatic carbocycles. The molecule has 3 heteroatoms. The summed E-state index contributed by atoms with van der Waals surface area (Å²) >= 11 is 0. The van der Waals surface area contributed by atoms with Gasteiger partial charge in [-0.2, -0.15) is 0 Å². The molecular weight excluding hydrogens is 214 g/mol. The number of ether oxygens (including phenoxy) is 1. The molecule has 3 unspecified atom stereocenters. The van der Waals surface area contributed by atoms with E-state index in [1.54, 1.807) is 0 Å². The summed E-state index contributed by atoms with van der Waals surface area (Å²) < 4.78 is 5.61. The predicted octanol–water partition coefficient (Wildman–Crippen LogP) is 2.07. The lowest BCUT2D eigenvalue weighted by atomic mass is 9.83. The van der Waals surface area contributed by atoms with Gasteiger partial charge in [-0.05, 0) is 24.7 Å². The second-order valence-electron chi connectivity index (χ2n) is 6.11. The van der Waals surface area contributed by atoms with Crippen LogP contribution in [0.2, 0.25) is 0 Å². The standard InChI is InChI=1S/C14H27NO2/c1-10-7-13(17-9-10)14(16)12(15)8-11-5-3-2-4-6-11/h10-14,16H,2-9,15H2,1H3/t10?,12?,13-,14?/m0/s1. The lowest BCUT2D eigenvalue weighted by molar-refractivity contribution is -0.0187. The molecule has 2 aliphatic rings. The number of rotatable bonds is 4. The Hall–Kier alpha value is -0.120. The zero-order valence-corrected chi connectivity index (χ0v) is 11.0. The highest BCUT2D eigenvalue weighted by Crippen LogP contribution is 2.29. The van der Waals surface area contributed by atoms with Crippen LogP contribution in [-0.4, -0.2) is 30.0 Å². The molecule has 1 aliphatic carbocycles. The van der Waals surface area contributed by atoms with E-state index in [0.717, 1.165) is 25.4 Å². The fraction of sp³-hybridized carbons (Fsp3) is 1.00. The highest BCUT2D eigenvalue weighted by atomic mass is 16.5. The maximum atomic E-state index is 10.2. The Labute approximate surface area is 105 Å². The largest absolute Gasteiger partial charge is 0.389 e. The number of hydrogen-bond acceptors (Lipinski definition) is 3. The first-order valence-corrected chi connectivity index (χ1v) is 7.22. The highest BCUT2D eigenvalue weighted by Gasteiger charge is 2.33. The van der Waals surface area contributed by atoms with E-state index in [1.165, 1.54) is 32.1 Å². The average molecular weight is 241 g/mol. The van der Waals surface area contributed by atoms with Gasteiger partial charge >= 0.3 is 0 Å². The fourth-order valence-corrected chi connectivity index (χ4v) is 3.28. The molecule has 0 spiro atoms. The SMILES string of the molecule is CC1CO[C@H](C(O)C(N)CC2CCCCC2)C1. The zero-order chi connectivity index (χ0) is 12.3. The van der Waals surface area contributed by atoms with Crippen LogP contribution < -0.4 is 5.73 Å². The maximum absolute atomic E-state index is 10.2. The minimum atomic E-state index is -0.470.